The van der Waals surface area contributed by atoms with E-state index in [-0.39, 0.29) is 0 Å². The van der Waals surface area contributed by atoms with E-state index in [1.165, 1.54) is 0 Å². The van der Waals surface area contributed by atoms with Crippen molar-refractivity contribution in [2.45, 2.75) is 27.7 Å². The van der Waals surface area contributed by atoms with Gasteiger partial charge in [-0.2, -0.15) is 0 Å². The third-order valence-corrected chi connectivity index (χ3v) is 5.49. The van der Waals surface area contributed by atoms with Gasteiger partial charge in [0, 0.05) is 16.8 Å². The van der Waals surface area contributed by atoms with Crippen molar-refractivity contribution < 1.29 is 13.2 Å². The molecular weight excluding hydrogens is 422 g/mol. The van der Waals surface area contributed by atoms with Crippen LogP contribution in [0.3, 0.4) is 0 Å². The van der Waals surface area contributed by atoms with Gasteiger partial charge in [0.25, 0.3) is 0 Å². The summed E-state index contributed by atoms with van der Waals surface area (Å²) in [7, 11) is -1.82. The lowest BCUT2D eigenvalue weighted by Crippen LogP contribution is -2.09. The summed E-state index contributed by atoms with van der Waals surface area (Å²) in [6.45, 7) is 8.13. The number of hydrogen-bond acceptors (Lipinski definition) is 5. The van der Waals surface area contributed by atoms with Crippen molar-refractivity contribution in [1.29, 1.82) is 0 Å². The number of anilines is 3. The topological polar surface area (TPSA) is 80.3 Å². The lowest BCUT2D eigenvalue weighted by molar-refractivity contribution is 0.417. The molecule has 0 radical (unpaired) electrons. The fraction of sp³-hybridized carbons (Fsp3) is 0.240. The molecule has 0 aliphatic carbocycles. The number of pyridine rings is 1. The number of aromatic nitrogens is 1. The summed E-state index contributed by atoms with van der Waals surface area (Å²) in [4.78, 5) is 4.87. The molecule has 2 N–H and O–H groups in total. The van der Waals surface area contributed by atoms with Crippen LogP contribution >= 0.6 is 0 Å². The van der Waals surface area contributed by atoms with Gasteiger partial charge in [0.1, 0.15) is 5.75 Å². The van der Waals surface area contributed by atoms with Crippen molar-refractivity contribution in [2.75, 3.05) is 23.4 Å². The van der Waals surface area contributed by atoms with Crippen LogP contribution < -0.4 is 14.8 Å². The van der Waals surface area contributed by atoms with Crippen molar-refractivity contribution >= 4 is 48.9 Å². The van der Waals surface area contributed by atoms with Crippen LogP contribution in [0.15, 0.2) is 54.6 Å². The number of nitrogens with one attached hydrogen (secondary N) is 2. The van der Waals surface area contributed by atoms with Crippen LogP contribution in [-0.2, 0) is 10.0 Å². The first-order valence-corrected chi connectivity index (χ1v) is 12.4. The zero-order valence-corrected chi connectivity index (χ0v) is 20.1. The molecule has 0 bridgehead atoms. The normalized spacial score (nSPS) is 11.1. The van der Waals surface area contributed by atoms with E-state index in [4.69, 9.17) is 9.72 Å². The number of ether oxygens (including phenoxy) is 1. The zero-order valence-electron chi connectivity index (χ0n) is 19.3. The zero-order chi connectivity index (χ0) is 23.5. The average molecular weight is 452 g/mol. The minimum absolute atomic E-state index is 0.441. The Balaban J connectivity index is 0.00000141. The number of sulfonamides is 1. The molecule has 1 heterocycles. The van der Waals surface area contributed by atoms with Crippen LogP contribution in [0, 0.1) is 13.8 Å². The van der Waals surface area contributed by atoms with E-state index in [1.807, 2.05) is 38.1 Å². The SMILES string of the molecule is CC.COc1cc(NS(C)(=O)=O)ccc1Nc1c2ccccc2nc2c(C)cc(C)cc12. The second-order valence-electron chi connectivity index (χ2n) is 7.40. The second kappa shape index (κ2) is 9.44. The highest BCUT2D eigenvalue weighted by Crippen LogP contribution is 2.38. The van der Waals surface area contributed by atoms with Crippen molar-refractivity contribution in [3.63, 3.8) is 0 Å². The Kier molecular flexibility index (Phi) is 6.89. The number of rotatable bonds is 5. The van der Waals surface area contributed by atoms with Crippen molar-refractivity contribution in [2.24, 2.45) is 0 Å². The molecule has 4 rings (SSSR count). The van der Waals surface area contributed by atoms with Gasteiger partial charge in [-0.3, -0.25) is 4.72 Å². The van der Waals surface area contributed by atoms with Gasteiger partial charge in [-0.15, -0.1) is 0 Å². The van der Waals surface area contributed by atoms with E-state index >= 15 is 0 Å². The molecule has 3 aromatic carbocycles. The van der Waals surface area contributed by atoms with Gasteiger partial charge in [0.15, 0.2) is 0 Å². The van der Waals surface area contributed by atoms with Crippen molar-refractivity contribution in [3.05, 3.63) is 65.7 Å². The molecular formula is C25H29N3O3S. The first-order chi connectivity index (χ1) is 15.2. The predicted molar refractivity (Wildman–Crippen MR) is 135 cm³/mol. The summed E-state index contributed by atoms with van der Waals surface area (Å²) in [5.41, 5.74) is 6.21. The molecule has 168 valence electrons. The standard InChI is InChI=1S/C23H23N3O3S.C2H6/c1-14-11-15(2)22-18(12-14)23(17-7-5-6-8-19(17)24-22)25-20-10-9-16(13-21(20)29-3)26-30(4,27)28;1-2/h5-13,26H,1-4H3,(H,24,25);1-2H3. The molecule has 4 aromatic rings. The van der Waals surface area contributed by atoms with E-state index in [2.05, 4.69) is 36.0 Å². The van der Waals surface area contributed by atoms with Gasteiger partial charge in [0.05, 0.1) is 41.5 Å². The fourth-order valence-corrected chi connectivity index (χ4v) is 4.24. The Bertz CT molecular complexity index is 1380. The van der Waals surface area contributed by atoms with Crippen LogP contribution in [0.4, 0.5) is 17.1 Å². The maximum Gasteiger partial charge on any atom is 0.229 e. The van der Waals surface area contributed by atoms with E-state index in [9.17, 15) is 8.42 Å². The third kappa shape index (κ3) is 4.94. The lowest BCUT2D eigenvalue weighted by atomic mass is 10.0. The molecule has 0 fully saturated rings. The quantitative estimate of drug-likeness (QED) is 0.356. The highest BCUT2D eigenvalue weighted by Gasteiger charge is 2.14. The molecule has 0 amide bonds. The van der Waals surface area contributed by atoms with E-state index in [0.717, 1.165) is 50.6 Å². The van der Waals surface area contributed by atoms with Gasteiger partial charge in [-0.05, 0) is 43.7 Å². The van der Waals surface area contributed by atoms with Crippen LogP contribution in [0.2, 0.25) is 0 Å². The number of para-hydroxylation sites is 1. The molecule has 6 nitrogen and oxygen atoms in total. The van der Waals surface area contributed by atoms with Gasteiger partial charge >= 0.3 is 0 Å². The second-order valence-corrected chi connectivity index (χ2v) is 9.14. The molecule has 1 aromatic heterocycles. The Morgan fingerprint density at radius 1 is 0.938 bits per heavy atom. The van der Waals surface area contributed by atoms with Gasteiger partial charge in [0.2, 0.25) is 10.0 Å². The summed E-state index contributed by atoms with van der Waals surface area (Å²) in [5.74, 6) is 0.530. The predicted octanol–water partition coefficient (Wildman–Crippen LogP) is 6.15. The molecule has 0 saturated heterocycles. The average Bonchev–Trinajstić information content (AvgIpc) is 2.75. The van der Waals surface area contributed by atoms with Gasteiger partial charge in [-0.1, -0.05) is 43.7 Å². The number of nitrogens with zero attached hydrogens (tertiary/aromatic N) is 1. The smallest absolute Gasteiger partial charge is 0.229 e. The molecule has 0 aliphatic heterocycles. The summed E-state index contributed by atoms with van der Waals surface area (Å²) in [6, 6.07) is 17.4. The number of hydrogen-bond donors (Lipinski definition) is 2. The molecule has 0 saturated carbocycles. The van der Waals surface area contributed by atoms with Gasteiger partial charge in [-0.25, -0.2) is 13.4 Å². The van der Waals surface area contributed by atoms with Crippen LogP contribution in [0.25, 0.3) is 21.8 Å². The van der Waals surface area contributed by atoms with Crippen molar-refractivity contribution in [1.82, 2.24) is 4.98 Å². The number of aryl methyl sites for hydroxylation is 2. The Hall–Kier alpha value is -3.32. The largest absolute Gasteiger partial charge is 0.494 e. The molecule has 0 unspecified atom stereocenters. The van der Waals surface area contributed by atoms with E-state index < -0.39 is 10.0 Å². The van der Waals surface area contributed by atoms with Gasteiger partial charge < -0.3 is 10.1 Å². The van der Waals surface area contributed by atoms with Crippen LogP contribution in [0.1, 0.15) is 25.0 Å². The summed E-state index contributed by atoms with van der Waals surface area (Å²) >= 11 is 0. The molecule has 0 spiro atoms. The van der Waals surface area contributed by atoms with Crippen LogP contribution in [0.5, 0.6) is 5.75 Å². The Labute approximate surface area is 189 Å². The molecule has 32 heavy (non-hydrogen) atoms. The minimum Gasteiger partial charge on any atom is -0.494 e. The lowest BCUT2D eigenvalue weighted by Gasteiger charge is -2.17. The van der Waals surface area contributed by atoms with Crippen LogP contribution in [-0.4, -0.2) is 26.8 Å². The first-order valence-electron chi connectivity index (χ1n) is 10.5. The summed E-state index contributed by atoms with van der Waals surface area (Å²) in [6.07, 6.45) is 1.12. The Morgan fingerprint density at radius 3 is 2.34 bits per heavy atom. The number of methoxy groups -OCH3 is 1. The summed E-state index contributed by atoms with van der Waals surface area (Å²) < 4.78 is 31.1. The summed E-state index contributed by atoms with van der Waals surface area (Å²) in [5, 5.41) is 5.53. The molecule has 0 atom stereocenters. The fourth-order valence-electron chi connectivity index (χ4n) is 3.69. The molecule has 7 heteroatoms. The van der Waals surface area contributed by atoms with E-state index in [0.29, 0.717) is 11.4 Å². The monoisotopic (exact) mass is 451 g/mol. The number of fused-ring (bicyclic) bond motifs is 2. The Morgan fingerprint density at radius 2 is 1.66 bits per heavy atom. The maximum atomic E-state index is 11.6. The maximum absolute atomic E-state index is 11.6. The first kappa shape index (κ1) is 23.3. The van der Waals surface area contributed by atoms with E-state index in [1.54, 1.807) is 25.3 Å². The number of benzene rings is 3. The third-order valence-electron chi connectivity index (χ3n) is 4.88. The minimum atomic E-state index is -3.38. The molecule has 0 aliphatic rings. The highest BCUT2D eigenvalue weighted by atomic mass is 32.2. The van der Waals surface area contributed by atoms with Crippen molar-refractivity contribution in [3.8, 4) is 5.75 Å². The highest BCUT2D eigenvalue weighted by molar-refractivity contribution is 7.92.